The van der Waals surface area contributed by atoms with Gasteiger partial charge in [0.15, 0.2) is 11.6 Å². The van der Waals surface area contributed by atoms with Crippen LogP contribution >= 0.6 is 0 Å². The zero-order valence-electron chi connectivity index (χ0n) is 10.9. The molecule has 0 aliphatic carbocycles. The zero-order chi connectivity index (χ0) is 13.3. The topological polar surface area (TPSA) is 43.4 Å². The van der Waals surface area contributed by atoms with Gasteiger partial charge >= 0.3 is 0 Å². The summed E-state index contributed by atoms with van der Waals surface area (Å²) in [6.07, 6.45) is 2.39. The number of allylic oxidation sites excluding steroid dienone is 2. The minimum absolute atomic E-state index is 0.0889. The van der Waals surface area contributed by atoms with Gasteiger partial charge in [-0.05, 0) is 37.8 Å². The molecule has 0 aliphatic rings. The molecule has 0 atom stereocenters. The lowest BCUT2D eigenvalue weighted by atomic mass is 10.1. The summed E-state index contributed by atoms with van der Waals surface area (Å²) in [4.78, 5) is 22.4. The quantitative estimate of drug-likeness (QED) is 0.434. The van der Waals surface area contributed by atoms with Crippen LogP contribution in [0.15, 0.2) is 24.3 Å². The van der Waals surface area contributed by atoms with Gasteiger partial charge in [-0.1, -0.05) is 13.2 Å². The van der Waals surface area contributed by atoms with Crippen LogP contribution in [-0.4, -0.2) is 24.8 Å². The van der Waals surface area contributed by atoms with Gasteiger partial charge in [-0.3, -0.25) is 9.59 Å². The van der Waals surface area contributed by atoms with E-state index < -0.39 is 0 Å². The highest BCUT2D eigenvalue weighted by molar-refractivity contribution is 5.94. The highest BCUT2D eigenvalue weighted by atomic mass is 16.5. The fraction of sp³-hybridized carbons (Fsp3) is 0.571. The van der Waals surface area contributed by atoms with Gasteiger partial charge < -0.3 is 4.74 Å². The summed E-state index contributed by atoms with van der Waals surface area (Å²) in [5.74, 6) is 0.178. The fourth-order valence-corrected chi connectivity index (χ4v) is 1.20. The van der Waals surface area contributed by atoms with Gasteiger partial charge in [-0.15, -0.1) is 0 Å². The van der Waals surface area contributed by atoms with Crippen molar-refractivity contribution >= 4 is 11.6 Å². The molecule has 96 valence electrons. The lowest BCUT2D eigenvalue weighted by Gasteiger charge is -2.03. The molecule has 0 unspecified atom stereocenters. The monoisotopic (exact) mass is 238 g/mol. The predicted molar refractivity (Wildman–Crippen MR) is 68.9 cm³/mol. The Bertz CT molecular complexity index is 273. The normalized spacial score (nSPS) is 10.0. The maximum Gasteiger partial charge on any atom is 0.158 e. The predicted octanol–water partition coefficient (Wildman–Crippen LogP) is 2.85. The molecule has 0 aromatic rings. The van der Waals surface area contributed by atoms with E-state index in [4.69, 9.17) is 4.74 Å². The van der Waals surface area contributed by atoms with E-state index in [0.29, 0.717) is 50.0 Å². The molecule has 0 aromatic carbocycles. The summed E-state index contributed by atoms with van der Waals surface area (Å²) >= 11 is 0. The zero-order valence-corrected chi connectivity index (χ0v) is 10.9. The van der Waals surface area contributed by atoms with Crippen LogP contribution in [0.25, 0.3) is 0 Å². The summed E-state index contributed by atoms with van der Waals surface area (Å²) in [5, 5.41) is 0. The summed E-state index contributed by atoms with van der Waals surface area (Å²) in [5.41, 5.74) is 1.19. The molecule has 0 amide bonds. The van der Waals surface area contributed by atoms with Crippen molar-refractivity contribution in [1.82, 2.24) is 0 Å². The summed E-state index contributed by atoms with van der Waals surface area (Å²) in [7, 11) is 0. The molecule has 0 N–H and O–H groups in total. The Labute approximate surface area is 104 Å². The minimum atomic E-state index is 0.0889. The highest BCUT2D eigenvalue weighted by Gasteiger charge is 2.03. The first-order valence-electron chi connectivity index (χ1n) is 5.90. The molecule has 0 bridgehead atoms. The first-order chi connectivity index (χ1) is 7.95. The van der Waals surface area contributed by atoms with E-state index in [1.54, 1.807) is 13.8 Å². The molecule has 0 saturated heterocycles. The number of rotatable bonds is 10. The lowest BCUT2D eigenvalue weighted by Crippen LogP contribution is -2.05. The van der Waals surface area contributed by atoms with Gasteiger partial charge in [0.05, 0.1) is 0 Å². The van der Waals surface area contributed by atoms with Crippen LogP contribution in [0.4, 0.5) is 0 Å². The Morgan fingerprint density at radius 1 is 0.882 bits per heavy atom. The summed E-state index contributed by atoms with van der Waals surface area (Å²) in [6.45, 7) is 11.7. The Morgan fingerprint density at radius 2 is 1.24 bits per heavy atom. The molecule has 17 heavy (non-hydrogen) atoms. The van der Waals surface area contributed by atoms with Crippen molar-refractivity contribution in [3.63, 3.8) is 0 Å². The average Bonchev–Trinajstić information content (AvgIpc) is 2.26. The third-order valence-corrected chi connectivity index (χ3v) is 2.34. The van der Waals surface area contributed by atoms with Crippen LogP contribution in [0.1, 0.15) is 39.5 Å². The van der Waals surface area contributed by atoms with Crippen molar-refractivity contribution < 1.29 is 14.3 Å². The van der Waals surface area contributed by atoms with Crippen molar-refractivity contribution in [2.24, 2.45) is 0 Å². The number of Topliss-reactive ketones (excluding diaryl/α,β-unsaturated/α-hetero) is 2. The number of hydrogen-bond donors (Lipinski definition) is 0. The molecule has 0 spiro atoms. The smallest absolute Gasteiger partial charge is 0.158 e. The van der Waals surface area contributed by atoms with Crippen LogP contribution in [0.3, 0.4) is 0 Å². The van der Waals surface area contributed by atoms with E-state index >= 15 is 0 Å². The molecular weight excluding hydrogens is 216 g/mol. The molecule has 0 radical (unpaired) electrons. The van der Waals surface area contributed by atoms with Crippen LogP contribution in [-0.2, 0) is 14.3 Å². The summed E-state index contributed by atoms with van der Waals surface area (Å²) < 4.78 is 5.33. The van der Waals surface area contributed by atoms with Gasteiger partial charge in [0, 0.05) is 26.1 Å². The second kappa shape index (κ2) is 8.88. The number of carbonyl (C=O) groups excluding carboxylic acids is 2. The molecule has 3 nitrogen and oxygen atoms in total. The van der Waals surface area contributed by atoms with E-state index in [-0.39, 0.29) is 11.6 Å². The number of hydrogen-bond acceptors (Lipinski definition) is 3. The van der Waals surface area contributed by atoms with Crippen molar-refractivity contribution in [2.45, 2.75) is 39.5 Å². The van der Waals surface area contributed by atoms with Crippen molar-refractivity contribution in [1.29, 1.82) is 0 Å². The van der Waals surface area contributed by atoms with Crippen LogP contribution in [0.2, 0.25) is 0 Å². The van der Waals surface area contributed by atoms with Gasteiger partial charge in [0.1, 0.15) is 0 Å². The van der Waals surface area contributed by atoms with Gasteiger partial charge in [-0.25, -0.2) is 0 Å². The molecule has 0 fully saturated rings. The summed E-state index contributed by atoms with van der Waals surface area (Å²) in [6, 6.07) is 0. The van der Waals surface area contributed by atoms with Gasteiger partial charge in [0.2, 0.25) is 0 Å². The van der Waals surface area contributed by atoms with E-state index in [1.165, 1.54) is 0 Å². The molecule has 0 rings (SSSR count). The first-order valence-corrected chi connectivity index (χ1v) is 5.90. The van der Waals surface area contributed by atoms with Crippen LogP contribution in [0, 0.1) is 0 Å². The molecule has 3 heteroatoms. The average molecular weight is 238 g/mol. The Balaban J connectivity index is 3.36. The first kappa shape index (κ1) is 15.8. The maximum atomic E-state index is 11.2. The van der Waals surface area contributed by atoms with Crippen molar-refractivity contribution in [2.75, 3.05) is 13.2 Å². The van der Waals surface area contributed by atoms with E-state index in [9.17, 15) is 9.59 Å². The maximum absolute atomic E-state index is 11.2. The van der Waals surface area contributed by atoms with Crippen molar-refractivity contribution in [3.05, 3.63) is 24.3 Å². The fourth-order valence-electron chi connectivity index (χ4n) is 1.20. The molecule has 0 saturated carbocycles. The van der Waals surface area contributed by atoms with Crippen LogP contribution < -0.4 is 0 Å². The molecule has 0 aromatic heterocycles. The highest BCUT2D eigenvalue weighted by Crippen LogP contribution is 2.02. The SMILES string of the molecule is C=C(C)C(=O)CCCOCCCC(=O)C(=C)C. The second-order valence-electron chi connectivity index (χ2n) is 4.23. The van der Waals surface area contributed by atoms with Gasteiger partial charge in [0.25, 0.3) is 0 Å². The van der Waals surface area contributed by atoms with Crippen LogP contribution in [0.5, 0.6) is 0 Å². The van der Waals surface area contributed by atoms with E-state index in [0.717, 1.165) is 0 Å². The standard InChI is InChI=1S/C14H22O3/c1-11(2)13(15)7-5-9-17-10-6-8-14(16)12(3)4/h1,3,5-10H2,2,4H3. The molecule has 0 heterocycles. The number of ether oxygens (including phenoxy) is 1. The Morgan fingerprint density at radius 3 is 1.53 bits per heavy atom. The third kappa shape index (κ3) is 8.57. The lowest BCUT2D eigenvalue weighted by molar-refractivity contribution is -0.116. The second-order valence-corrected chi connectivity index (χ2v) is 4.23. The van der Waals surface area contributed by atoms with Gasteiger partial charge in [-0.2, -0.15) is 0 Å². The number of carbonyl (C=O) groups is 2. The number of ketones is 2. The minimum Gasteiger partial charge on any atom is -0.381 e. The van der Waals surface area contributed by atoms with Crippen molar-refractivity contribution in [3.8, 4) is 0 Å². The molecule has 0 aliphatic heterocycles. The Kier molecular flexibility index (Phi) is 8.24. The van der Waals surface area contributed by atoms with E-state index in [2.05, 4.69) is 13.2 Å². The largest absolute Gasteiger partial charge is 0.381 e. The third-order valence-electron chi connectivity index (χ3n) is 2.34. The molecular formula is C14H22O3. The Hall–Kier alpha value is -1.22. The van der Waals surface area contributed by atoms with E-state index in [1.807, 2.05) is 0 Å².